The van der Waals surface area contributed by atoms with Gasteiger partial charge in [-0.25, -0.2) is 0 Å². The lowest BCUT2D eigenvalue weighted by Gasteiger charge is -2.08. The first-order valence-corrected chi connectivity index (χ1v) is 4.95. The third-order valence-corrected chi connectivity index (χ3v) is 2.52. The molecule has 0 saturated carbocycles. The van der Waals surface area contributed by atoms with Crippen molar-refractivity contribution in [3.63, 3.8) is 0 Å². The molecule has 1 fully saturated rings. The summed E-state index contributed by atoms with van der Waals surface area (Å²) in [5.41, 5.74) is 6.89. The van der Waals surface area contributed by atoms with Crippen LogP contribution in [-0.4, -0.2) is 23.4 Å². The molecule has 16 heavy (non-hydrogen) atoms. The van der Waals surface area contributed by atoms with Gasteiger partial charge < -0.3 is 10.6 Å². The molecule has 0 aliphatic carbocycles. The van der Waals surface area contributed by atoms with E-state index in [1.54, 1.807) is 0 Å². The van der Waals surface area contributed by atoms with Crippen LogP contribution < -0.4 is 5.73 Å². The maximum absolute atomic E-state index is 11.0. The molecule has 1 atom stereocenters. The number of nitrogens with two attached hydrogens (primary N) is 1. The first kappa shape index (κ1) is 10.2. The third kappa shape index (κ3) is 1.89. The number of nitriles is 1. The normalized spacial score (nSPS) is 19.1. The summed E-state index contributed by atoms with van der Waals surface area (Å²) < 4.78 is 0. The maximum atomic E-state index is 11.0. The fourth-order valence-electron chi connectivity index (χ4n) is 1.65. The summed E-state index contributed by atoms with van der Waals surface area (Å²) in [4.78, 5) is 12.8. The SMILES string of the molecule is N#C/C=C(\c1ccccc1)N1CC1C(N)=O. The van der Waals surface area contributed by atoms with E-state index in [1.807, 2.05) is 41.3 Å². The predicted octanol–water partition coefficient (Wildman–Crippen LogP) is 0.721. The lowest BCUT2D eigenvalue weighted by Crippen LogP contribution is -2.21. The van der Waals surface area contributed by atoms with Crippen LogP contribution in [0, 0.1) is 11.3 Å². The second-order valence-corrected chi connectivity index (χ2v) is 3.60. The number of hydrogen-bond donors (Lipinski definition) is 1. The molecular formula is C12H11N3O. The summed E-state index contributed by atoms with van der Waals surface area (Å²) in [6.07, 6.45) is 1.44. The molecule has 4 nitrogen and oxygen atoms in total. The fourth-order valence-corrected chi connectivity index (χ4v) is 1.65. The molecule has 0 aromatic heterocycles. The Balaban J connectivity index is 2.25. The Labute approximate surface area is 93.6 Å². The summed E-state index contributed by atoms with van der Waals surface area (Å²) in [6.45, 7) is 0.595. The van der Waals surface area contributed by atoms with Gasteiger partial charge in [0, 0.05) is 12.6 Å². The van der Waals surface area contributed by atoms with E-state index < -0.39 is 0 Å². The molecule has 1 saturated heterocycles. The summed E-state index contributed by atoms with van der Waals surface area (Å²) >= 11 is 0. The molecule has 2 N–H and O–H groups in total. The van der Waals surface area contributed by atoms with Gasteiger partial charge in [-0.05, 0) is 5.56 Å². The summed E-state index contributed by atoms with van der Waals surface area (Å²) in [5.74, 6) is -0.347. The highest BCUT2D eigenvalue weighted by Gasteiger charge is 2.40. The van der Waals surface area contributed by atoms with E-state index in [0.29, 0.717) is 6.54 Å². The largest absolute Gasteiger partial charge is 0.368 e. The highest BCUT2D eigenvalue weighted by Crippen LogP contribution is 2.30. The molecule has 4 heteroatoms. The molecule has 0 radical (unpaired) electrons. The number of carbonyl (C=O) groups is 1. The molecule has 1 aromatic carbocycles. The first-order valence-electron chi connectivity index (χ1n) is 4.95. The Hall–Kier alpha value is -2.28. The summed E-state index contributed by atoms with van der Waals surface area (Å²) in [7, 11) is 0. The van der Waals surface area contributed by atoms with Crippen LogP contribution in [0.5, 0.6) is 0 Å². The molecule has 0 bridgehead atoms. The number of benzene rings is 1. The Bertz CT molecular complexity index is 473. The van der Waals surface area contributed by atoms with Crippen molar-refractivity contribution in [1.82, 2.24) is 4.90 Å². The van der Waals surface area contributed by atoms with Crippen LogP contribution in [0.25, 0.3) is 5.70 Å². The zero-order valence-corrected chi connectivity index (χ0v) is 8.63. The van der Waals surface area contributed by atoms with Gasteiger partial charge in [0.15, 0.2) is 0 Å². The van der Waals surface area contributed by atoms with Crippen LogP contribution in [0.1, 0.15) is 5.56 Å². The zero-order valence-electron chi connectivity index (χ0n) is 8.63. The Morgan fingerprint density at radius 1 is 1.50 bits per heavy atom. The molecule has 0 spiro atoms. The monoisotopic (exact) mass is 213 g/mol. The Morgan fingerprint density at radius 3 is 2.69 bits per heavy atom. The number of primary amides is 1. The van der Waals surface area contributed by atoms with Gasteiger partial charge in [0.25, 0.3) is 0 Å². The number of nitrogens with zero attached hydrogens (tertiary/aromatic N) is 2. The number of allylic oxidation sites excluding steroid dienone is 1. The van der Waals surface area contributed by atoms with Gasteiger partial charge in [-0.1, -0.05) is 30.3 Å². The minimum Gasteiger partial charge on any atom is -0.368 e. The van der Waals surface area contributed by atoms with Crippen LogP contribution in [0.3, 0.4) is 0 Å². The lowest BCUT2D eigenvalue weighted by molar-refractivity contribution is -0.118. The van der Waals surface area contributed by atoms with Crippen molar-refractivity contribution in [2.75, 3.05) is 6.54 Å². The number of hydrogen-bond acceptors (Lipinski definition) is 3. The molecule has 1 unspecified atom stereocenters. The minimum atomic E-state index is -0.347. The second-order valence-electron chi connectivity index (χ2n) is 3.60. The average molecular weight is 213 g/mol. The summed E-state index contributed by atoms with van der Waals surface area (Å²) in [6, 6.07) is 11.2. The second kappa shape index (κ2) is 4.07. The first-order chi connectivity index (χ1) is 7.74. The van der Waals surface area contributed by atoms with E-state index in [2.05, 4.69) is 0 Å². The average Bonchev–Trinajstić information content (AvgIpc) is 3.07. The van der Waals surface area contributed by atoms with Crippen LogP contribution in [0.4, 0.5) is 0 Å². The van der Waals surface area contributed by atoms with Crippen LogP contribution in [0.2, 0.25) is 0 Å². The highest BCUT2D eigenvalue weighted by molar-refractivity contribution is 5.86. The number of amides is 1. The van der Waals surface area contributed by atoms with E-state index in [-0.39, 0.29) is 11.9 Å². The smallest absolute Gasteiger partial charge is 0.241 e. The van der Waals surface area contributed by atoms with E-state index in [9.17, 15) is 4.79 Å². The van der Waals surface area contributed by atoms with Crippen molar-refractivity contribution in [1.29, 1.82) is 5.26 Å². The Kier molecular flexibility index (Phi) is 2.61. The molecule has 2 rings (SSSR count). The molecule has 1 aromatic rings. The van der Waals surface area contributed by atoms with E-state index >= 15 is 0 Å². The molecule has 1 heterocycles. The molecule has 1 amide bonds. The van der Waals surface area contributed by atoms with Gasteiger partial charge in [-0.2, -0.15) is 5.26 Å². The van der Waals surface area contributed by atoms with Crippen molar-refractivity contribution in [2.45, 2.75) is 6.04 Å². The van der Waals surface area contributed by atoms with Gasteiger partial charge in [-0.15, -0.1) is 0 Å². The van der Waals surface area contributed by atoms with Crippen LogP contribution >= 0.6 is 0 Å². The van der Waals surface area contributed by atoms with Crippen molar-refractivity contribution < 1.29 is 4.79 Å². The zero-order chi connectivity index (χ0) is 11.5. The van der Waals surface area contributed by atoms with E-state index in [0.717, 1.165) is 11.3 Å². The lowest BCUT2D eigenvalue weighted by atomic mass is 10.1. The minimum absolute atomic E-state index is 0.264. The standard InChI is InChI=1S/C12H11N3O/c13-7-6-10(9-4-2-1-3-5-9)15-8-11(15)12(14)16/h1-6,11H,8H2,(H2,14,16)/b10-6+. The fraction of sp³-hybridized carbons (Fsp3) is 0.167. The quantitative estimate of drug-likeness (QED) is 0.594. The van der Waals surface area contributed by atoms with Crippen molar-refractivity contribution in [2.24, 2.45) is 5.73 Å². The van der Waals surface area contributed by atoms with Crippen molar-refractivity contribution in [3.05, 3.63) is 42.0 Å². The van der Waals surface area contributed by atoms with Crippen molar-refractivity contribution in [3.8, 4) is 6.07 Å². The molecule has 1 aliphatic rings. The number of carbonyl (C=O) groups excluding carboxylic acids is 1. The molecular weight excluding hydrogens is 202 g/mol. The van der Waals surface area contributed by atoms with E-state index in [1.165, 1.54) is 6.08 Å². The Morgan fingerprint density at radius 2 is 2.19 bits per heavy atom. The van der Waals surface area contributed by atoms with Crippen LogP contribution in [-0.2, 0) is 4.79 Å². The van der Waals surface area contributed by atoms with Gasteiger partial charge in [0.05, 0.1) is 11.8 Å². The van der Waals surface area contributed by atoms with Gasteiger partial charge in [0.1, 0.15) is 6.04 Å². The van der Waals surface area contributed by atoms with Crippen molar-refractivity contribution >= 4 is 11.6 Å². The van der Waals surface area contributed by atoms with Gasteiger partial charge in [0.2, 0.25) is 5.91 Å². The number of rotatable bonds is 3. The molecule has 80 valence electrons. The van der Waals surface area contributed by atoms with Gasteiger partial charge >= 0.3 is 0 Å². The maximum Gasteiger partial charge on any atom is 0.241 e. The third-order valence-electron chi connectivity index (χ3n) is 2.52. The van der Waals surface area contributed by atoms with Crippen LogP contribution in [0.15, 0.2) is 36.4 Å². The summed E-state index contributed by atoms with van der Waals surface area (Å²) in [5, 5.41) is 8.73. The highest BCUT2D eigenvalue weighted by atomic mass is 16.1. The van der Waals surface area contributed by atoms with Gasteiger partial charge in [-0.3, -0.25) is 4.79 Å². The molecule has 1 aliphatic heterocycles. The predicted molar refractivity (Wildman–Crippen MR) is 59.7 cm³/mol. The van der Waals surface area contributed by atoms with E-state index in [4.69, 9.17) is 11.0 Å². The topological polar surface area (TPSA) is 69.9 Å².